The third kappa shape index (κ3) is 4.25. The van der Waals surface area contributed by atoms with Crippen molar-refractivity contribution in [1.29, 1.82) is 0 Å². The zero-order valence-electron chi connectivity index (χ0n) is 18.3. The summed E-state index contributed by atoms with van der Waals surface area (Å²) in [6.07, 6.45) is 4.14. The Labute approximate surface area is 194 Å². The number of pyridine rings is 1. The lowest BCUT2D eigenvalue weighted by molar-refractivity contribution is 0.0738. The van der Waals surface area contributed by atoms with E-state index in [0.29, 0.717) is 39.6 Å². The number of nitrogens with one attached hydrogen (secondary N) is 1. The molecule has 0 atom stereocenters. The van der Waals surface area contributed by atoms with Crippen molar-refractivity contribution < 1.29 is 13.7 Å². The van der Waals surface area contributed by atoms with Crippen molar-refractivity contribution >= 4 is 32.7 Å². The molecule has 7 nitrogen and oxygen atoms in total. The van der Waals surface area contributed by atoms with Crippen LogP contribution in [0.25, 0.3) is 22.4 Å². The van der Waals surface area contributed by atoms with Gasteiger partial charge in [0.2, 0.25) is 0 Å². The number of nitrogens with zero attached hydrogens (tertiary/aromatic N) is 4. The Hall–Kier alpha value is -2.10. The Bertz CT molecular complexity index is 1120. The van der Waals surface area contributed by atoms with Crippen LogP contribution in [-0.4, -0.2) is 53.5 Å². The van der Waals surface area contributed by atoms with Crippen molar-refractivity contribution in [2.45, 2.75) is 51.6 Å². The van der Waals surface area contributed by atoms with Crippen molar-refractivity contribution in [3.8, 4) is 11.5 Å². The summed E-state index contributed by atoms with van der Waals surface area (Å²) in [6.45, 7) is 7.10. The molecule has 2 fully saturated rings. The molecule has 1 N–H and O–H groups in total. The molecular formula is C23H27BrFN5O2. The Morgan fingerprint density at radius 1 is 1.06 bits per heavy atom. The van der Waals surface area contributed by atoms with Crippen LogP contribution in [0.15, 0.2) is 21.1 Å². The van der Waals surface area contributed by atoms with Gasteiger partial charge >= 0.3 is 0 Å². The number of ether oxygens (including phenoxy) is 1. The van der Waals surface area contributed by atoms with E-state index in [0.717, 1.165) is 68.5 Å². The Balaban J connectivity index is 1.47. The van der Waals surface area contributed by atoms with Crippen molar-refractivity contribution in [1.82, 2.24) is 20.4 Å². The predicted octanol–water partition coefficient (Wildman–Crippen LogP) is 4.54. The Morgan fingerprint density at radius 2 is 1.78 bits per heavy atom. The average molecular weight is 504 g/mol. The van der Waals surface area contributed by atoms with Crippen molar-refractivity contribution in [3.63, 3.8) is 0 Å². The summed E-state index contributed by atoms with van der Waals surface area (Å²) in [4.78, 5) is 11.5. The second-order valence-corrected chi connectivity index (χ2v) is 9.60. The van der Waals surface area contributed by atoms with Crippen LogP contribution in [0.4, 0.5) is 10.2 Å². The molecule has 3 aromatic rings. The number of hydrogen-bond acceptors (Lipinski definition) is 7. The van der Waals surface area contributed by atoms with Gasteiger partial charge in [-0.2, -0.15) is 4.98 Å². The van der Waals surface area contributed by atoms with Gasteiger partial charge in [-0.15, -0.1) is 0 Å². The molecule has 2 saturated heterocycles. The van der Waals surface area contributed by atoms with Crippen LogP contribution < -0.4 is 10.2 Å². The van der Waals surface area contributed by atoms with Gasteiger partial charge in [0, 0.05) is 48.2 Å². The van der Waals surface area contributed by atoms with Gasteiger partial charge in [0.25, 0.3) is 5.89 Å². The lowest BCUT2D eigenvalue weighted by Gasteiger charge is -2.36. The first-order valence-electron chi connectivity index (χ1n) is 11.2. The number of rotatable bonds is 4. The summed E-state index contributed by atoms with van der Waals surface area (Å²) >= 11 is 3.40. The van der Waals surface area contributed by atoms with E-state index < -0.39 is 0 Å². The van der Waals surface area contributed by atoms with Crippen molar-refractivity contribution in [3.05, 3.63) is 33.8 Å². The molecule has 2 aromatic heterocycles. The summed E-state index contributed by atoms with van der Waals surface area (Å²) in [7, 11) is 0. The lowest BCUT2D eigenvalue weighted by atomic mass is 9.99. The van der Waals surface area contributed by atoms with Crippen LogP contribution in [0.3, 0.4) is 0 Å². The zero-order valence-corrected chi connectivity index (χ0v) is 19.9. The van der Waals surface area contributed by atoms with Gasteiger partial charge < -0.3 is 19.5 Å². The van der Waals surface area contributed by atoms with E-state index in [1.165, 1.54) is 6.07 Å². The van der Waals surface area contributed by atoms with Crippen LogP contribution in [0.2, 0.25) is 0 Å². The maximum Gasteiger partial charge on any atom is 0.261 e. The van der Waals surface area contributed by atoms with Gasteiger partial charge in [-0.05, 0) is 57.2 Å². The summed E-state index contributed by atoms with van der Waals surface area (Å²) in [5, 5.41) is 8.52. The minimum Gasteiger partial charge on any atom is -0.381 e. The van der Waals surface area contributed by atoms with Gasteiger partial charge in [-0.1, -0.05) is 21.1 Å². The van der Waals surface area contributed by atoms with E-state index in [2.05, 4.69) is 36.3 Å². The molecule has 2 aliphatic rings. The highest BCUT2D eigenvalue weighted by Crippen LogP contribution is 2.38. The molecule has 5 rings (SSSR count). The zero-order chi connectivity index (χ0) is 22.2. The second kappa shape index (κ2) is 9.03. The second-order valence-electron chi connectivity index (χ2n) is 8.68. The highest BCUT2D eigenvalue weighted by molar-refractivity contribution is 9.10. The van der Waals surface area contributed by atoms with Gasteiger partial charge in [0.1, 0.15) is 11.3 Å². The van der Waals surface area contributed by atoms with E-state index in [4.69, 9.17) is 14.2 Å². The number of anilines is 1. The normalized spacial score (nSPS) is 18.6. The summed E-state index contributed by atoms with van der Waals surface area (Å²) in [5.41, 5.74) is 2.03. The molecule has 0 amide bonds. The number of aryl methyl sites for hydroxylation is 2. The van der Waals surface area contributed by atoms with Gasteiger partial charge in [-0.3, -0.25) is 0 Å². The number of halogens is 2. The molecule has 9 heteroatoms. The first kappa shape index (κ1) is 21.7. The SMILES string of the molecule is Cc1noc(-c2c(N3CCC(NC4CCOCC4)CC3)nc3c(F)cc(Br)cc3c2C)n1. The van der Waals surface area contributed by atoms with Crippen LogP contribution >= 0.6 is 15.9 Å². The smallest absolute Gasteiger partial charge is 0.261 e. The van der Waals surface area contributed by atoms with Gasteiger partial charge in [-0.25, -0.2) is 9.37 Å². The first-order valence-corrected chi connectivity index (χ1v) is 12.0. The summed E-state index contributed by atoms with van der Waals surface area (Å²) in [6, 6.07) is 4.35. The predicted molar refractivity (Wildman–Crippen MR) is 124 cm³/mol. The lowest BCUT2D eigenvalue weighted by Crippen LogP contribution is -2.48. The molecule has 2 aliphatic heterocycles. The third-order valence-electron chi connectivity index (χ3n) is 6.48. The van der Waals surface area contributed by atoms with Crippen LogP contribution in [0, 0.1) is 19.7 Å². The fourth-order valence-electron chi connectivity index (χ4n) is 4.77. The molecule has 0 bridgehead atoms. The Morgan fingerprint density at radius 3 is 2.47 bits per heavy atom. The topological polar surface area (TPSA) is 76.3 Å². The monoisotopic (exact) mass is 503 g/mol. The van der Waals surface area contributed by atoms with Gasteiger partial charge in [0.15, 0.2) is 11.6 Å². The molecule has 1 aromatic carbocycles. The van der Waals surface area contributed by atoms with E-state index in [9.17, 15) is 4.39 Å². The fourth-order valence-corrected chi connectivity index (χ4v) is 5.20. The number of piperidine rings is 1. The quantitative estimate of drug-likeness (QED) is 0.559. The molecule has 0 saturated carbocycles. The van der Waals surface area contributed by atoms with Crippen LogP contribution in [0.1, 0.15) is 37.1 Å². The van der Waals surface area contributed by atoms with Crippen molar-refractivity contribution in [2.75, 3.05) is 31.2 Å². The molecule has 0 aliphatic carbocycles. The standard InChI is InChI=1S/C23H27BrFN5O2/c1-13-18-11-15(24)12-19(25)21(18)28-22(20(13)23-26-14(2)29-32-23)30-7-3-16(4-8-30)27-17-5-9-31-10-6-17/h11-12,16-17,27H,3-10H2,1-2H3. The minimum absolute atomic E-state index is 0.344. The third-order valence-corrected chi connectivity index (χ3v) is 6.93. The van der Waals surface area contributed by atoms with Crippen LogP contribution in [0.5, 0.6) is 0 Å². The summed E-state index contributed by atoms with van der Waals surface area (Å²) < 4.78 is 26.5. The molecular weight excluding hydrogens is 477 g/mol. The van der Waals surface area contributed by atoms with Gasteiger partial charge in [0.05, 0.1) is 5.56 Å². The molecule has 0 radical (unpaired) electrons. The highest BCUT2D eigenvalue weighted by atomic mass is 79.9. The number of hydrogen-bond donors (Lipinski definition) is 1. The highest BCUT2D eigenvalue weighted by Gasteiger charge is 2.28. The first-order chi connectivity index (χ1) is 15.5. The van der Waals surface area contributed by atoms with Crippen molar-refractivity contribution in [2.24, 2.45) is 0 Å². The number of aromatic nitrogens is 3. The molecule has 0 unspecified atom stereocenters. The molecule has 4 heterocycles. The largest absolute Gasteiger partial charge is 0.381 e. The molecule has 170 valence electrons. The summed E-state index contributed by atoms with van der Waals surface area (Å²) in [5.74, 6) is 1.35. The van der Waals surface area contributed by atoms with E-state index in [-0.39, 0.29) is 5.82 Å². The Kier molecular flexibility index (Phi) is 6.14. The maximum atomic E-state index is 14.9. The van der Waals surface area contributed by atoms with Crippen LogP contribution in [-0.2, 0) is 4.74 Å². The molecule has 0 spiro atoms. The number of fused-ring (bicyclic) bond motifs is 1. The maximum absolute atomic E-state index is 14.9. The fraction of sp³-hybridized carbons (Fsp3) is 0.522. The van der Waals surface area contributed by atoms with E-state index >= 15 is 0 Å². The van der Waals surface area contributed by atoms with E-state index in [1.807, 2.05) is 13.0 Å². The average Bonchev–Trinajstić information content (AvgIpc) is 3.21. The van der Waals surface area contributed by atoms with E-state index in [1.54, 1.807) is 6.92 Å². The number of benzene rings is 1. The molecule has 32 heavy (non-hydrogen) atoms. The minimum atomic E-state index is -0.344.